The molecule has 2 aliphatic rings. The van der Waals surface area contributed by atoms with Crippen molar-refractivity contribution >= 4 is 12.3 Å². The Hall–Kier alpha value is -2.32. The topological polar surface area (TPSA) is 64.4 Å². The van der Waals surface area contributed by atoms with E-state index in [1.165, 1.54) is 6.20 Å². The van der Waals surface area contributed by atoms with E-state index < -0.39 is 23.0 Å². The van der Waals surface area contributed by atoms with Gasteiger partial charge in [-0.05, 0) is 33.6 Å². The van der Waals surface area contributed by atoms with E-state index in [0.29, 0.717) is 38.3 Å². The molecule has 0 atom stereocenters. The van der Waals surface area contributed by atoms with Gasteiger partial charge >= 0.3 is 12.3 Å². The maximum Gasteiger partial charge on any atom is 0.434 e. The standard InChI is InChI=1S/C17H20F3N3O3/c1-15(2,3)26-14(25)23-9-16(10-23)4-11(5-16)7-22-8-12(17(18,19)20)21-6-13(22)24/h6-8H,4-5,9-10H2,1-3H3. The molecule has 1 amide bonds. The second kappa shape index (κ2) is 5.85. The third-order valence-corrected chi connectivity index (χ3v) is 4.35. The molecule has 6 nitrogen and oxygen atoms in total. The van der Waals surface area contributed by atoms with Gasteiger partial charge in [0.05, 0.1) is 6.20 Å². The maximum atomic E-state index is 12.7. The van der Waals surface area contributed by atoms with Crippen LogP contribution < -0.4 is 5.56 Å². The van der Waals surface area contributed by atoms with Crippen molar-refractivity contribution in [2.45, 2.75) is 45.4 Å². The van der Waals surface area contributed by atoms with Crippen LogP contribution in [0.4, 0.5) is 18.0 Å². The van der Waals surface area contributed by atoms with Gasteiger partial charge in [-0.15, -0.1) is 0 Å². The molecule has 0 radical (unpaired) electrons. The Morgan fingerprint density at radius 1 is 1.27 bits per heavy atom. The summed E-state index contributed by atoms with van der Waals surface area (Å²) in [5.41, 5.74) is -1.46. The molecule has 2 fully saturated rings. The summed E-state index contributed by atoms with van der Waals surface area (Å²) >= 11 is 0. The second-order valence-corrected chi connectivity index (χ2v) is 7.99. The van der Waals surface area contributed by atoms with Gasteiger partial charge in [0.2, 0.25) is 0 Å². The molecule has 142 valence electrons. The molecule has 1 saturated carbocycles. The minimum Gasteiger partial charge on any atom is -0.444 e. The fraction of sp³-hybridized carbons (Fsp3) is 0.588. The van der Waals surface area contributed by atoms with Gasteiger partial charge in [-0.2, -0.15) is 13.2 Å². The van der Waals surface area contributed by atoms with Gasteiger partial charge in [0.15, 0.2) is 5.69 Å². The summed E-state index contributed by atoms with van der Waals surface area (Å²) in [7, 11) is 0. The van der Waals surface area contributed by atoms with Crippen LogP contribution in [0.3, 0.4) is 0 Å². The second-order valence-electron chi connectivity index (χ2n) is 7.99. The normalized spacial score (nSPS) is 19.0. The van der Waals surface area contributed by atoms with E-state index in [-0.39, 0.29) is 11.5 Å². The average molecular weight is 371 g/mol. The van der Waals surface area contributed by atoms with Crippen LogP contribution in [0.2, 0.25) is 0 Å². The van der Waals surface area contributed by atoms with Crippen molar-refractivity contribution in [3.8, 4) is 0 Å². The Kier molecular flexibility index (Phi) is 4.16. The molecule has 9 heteroatoms. The number of ether oxygens (including phenoxy) is 1. The number of alkyl halides is 3. The molecule has 0 aromatic carbocycles. The van der Waals surface area contributed by atoms with E-state index in [4.69, 9.17) is 4.74 Å². The number of amides is 1. The molecular weight excluding hydrogens is 351 g/mol. The van der Waals surface area contributed by atoms with Crippen molar-refractivity contribution in [2.75, 3.05) is 13.1 Å². The Morgan fingerprint density at radius 2 is 1.88 bits per heavy atom. The predicted octanol–water partition coefficient (Wildman–Crippen LogP) is 3.13. The lowest BCUT2D eigenvalue weighted by Crippen LogP contribution is -2.62. The predicted molar refractivity (Wildman–Crippen MR) is 87.2 cm³/mol. The summed E-state index contributed by atoms with van der Waals surface area (Å²) in [6, 6.07) is 0. The summed E-state index contributed by atoms with van der Waals surface area (Å²) in [6.07, 6.45) is -0.876. The van der Waals surface area contributed by atoms with Crippen LogP contribution in [0.1, 0.15) is 39.3 Å². The first-order valence-corrected chi connectivity index (χ1v) is 8.20. The summed E-state index contributed by atoms with van der Waals surface area (Å²) in [4.78, 5) is 28.4. The van der Waals surface area contributed by atoms with Crippen LogP contribution in [-0.2, 0) is 10.9 Å². The van der Waals surface area contributed by atoms with Crippen LogP contribution in [0.15, 0.2) is 22.8 Å². The lowest BCUT2D eigenvalue weighted by Gasteiger charge is -2.56. The summed E-state index contributed by atoms with van der Waals surface area (Å²) in [6.45, 7) is 6.50. The van der Waals surface area contributed by atoms with Crippen LogP contribution in [0, 0.1) is 5.41 Å². The number of hydrogen-bond acceptors (Lipinski definition) is 4. The number of halogens is 3. The zero-order chi connectivity index (χ0) is 19.3. The SMILES string of the molecule is CC(C)(C)OC(=O)N1CC2(CC(=Cn3cc(C(F)(F)F)ncc3=O)C2)C1. The first-order chi connectivity index (χ1) is 11.9. The Balaban J connectivity index is 1.61. The highest BCUT2D eigenvalue weighted by atomic mass is 19.4. The lowest BCUT2D eigenvalue weighted by atomic mass is 9.61. The third kappa shape index (κ3) is 3.76. The third-order valence-electron chi connectivity index (χ3n) is 4.35. The first-order valence-electron chi connectivity index (χ1n) is 8.20. The number of aromatic nitrogens is 2. The molecule has 26 heavy (non-hydrogen) atoms. The highest BCUT2D eigenvalue weighted by Gasteiger charge is 2.52. The number of carbonyl (C=O) groups excluding carboxylic acids is 1. The van der Waals surface area contributed by atoms with Crippen molar-refractivity contribution in [3.05, 3.63) is 34.0 Å². The molecule has 1 aliphatic heterocycles. The molecule has 0 unspecified atom stereocenters. The van der Waals surface area contributed by atoms with Gasteiger partial charge in [-0.1, -0.05) is 5.57 Å². The van der Waals surface area contributed by atoms with E-state index in [0.717, 1.165) is 10.1 Å². The molecule has 3 rings (SSSR count). The number of nitrogens with zero attached hydrogens (tertiary/aromatic N) is 3. The Morgan fingerprint density at radius 3 is 2.42 bits per heavy atom. The van der Waals surface area contributed by atoms with Crippen molar-refractivity contribution < 1.29 is 22.7 Å². The lowest BCUT2D eigenvalue weighted by molar-refractivity contribution is -0.141. The molecule has 1 saturated heterocycles. The molecule has 1 aliphatic carbocycles. The van der Waals surface area contributed by atoms with Gasteiger partial charge < -0.3 is 9.64 Å². The van der Waals surface area contributed by atoms with Crippen molar-refractivity contribution in [1.29, 1.82) is 0 Å². The summed E-state index contributed by atoms with van der Waals surface area (Å²) in [5.74, 6) is 0. The van der Waals surface area contributed by atoms with Crippen molar-refractivity contribution in [3.63, 3.8) is 0 Å². The van der Waals surface area contributed by atoms with E-state index in [2.05, 4.69) is 4.98 Å². The van der Waals surface area contributed by atoms with E-state index in [1.807, 2.05) is 0 Å². The molecule has 1 aromatic rings. The quantitative estimate of drug-likeness (QED) is 0.761. The number of carbonyl (C=O) groups is 1. The number of rotatable bonds is 1. The smallest absolute Gasteiger partial charge is 0.434 e. The maximum absolute atomic E-state index is 12.7. The van der Waals surface area contributed by atoms with Gasteiger partial charge in [-0.25, -0.2) is 9.78 Å². The number of likely N-dealkylation sites (tertiary alicyclic amines) is 1. The Bertz CT molecular complexity index is 805. The first kappa shape index (κ1) is 18.5. The summed E-state index contributed by atoms with van der Waals surface area (Å²) < 4.78 is 44.3. The van der Waals surface area contributed by atoms with Gasteiger partial charge in [-0.3, -0.25) is 9.36 Å². The van der Waals surface area contributed by atoms with Crippen LogP contribution in [-0.4, -0.2) is 39.2 Å². The number of allylic oxidation sites excluding steroid dienone is 1. The van der Waals surface area contributed by atoms with Gasteiger partial charge in [0.25, 0.3) is 5.56 Å². The molecule has 2 heterocycles. The minimum absolute atomic E-state index is 0.0494. The fourth-order valence-electron chi connectivity index (χ4n) is 3.31. The minimum atomic E-state index is -4.60. The number of hydrogen-bond donors (Lipinski definition) is 0. The van der Waals surface area contributed by atoms with E-state index in [9.17, 15) is 22.8 Å². The Labute approximate surface area is 148 Å². The van der Waals surface area contributed by atoms with Crippen LogP contribution in [0.25, 0.3) is 6.20 Å². The van der Waals surface area contributed by atoms with Crippen LogP contribution in [0.5, 0.6) is 0 Å². The fourth-order valence-corrected chi connectivity index (χ4v) is 3.31. The highest BCUT2D eigenvalue weighted by Crippen LogP contribution is 2.52. The molecule has 1 aromatic heterocycles. The van der Waals surface area contributed by atoms with Gasteiger partial charge in [0.1, 0.15) is 5.60 Å². The zero-order valence-electron chi connectivity index (χ0n) is 14.8. The largest absolute Gasteiger partial charge is 0.444 e. The molecular formula is C17H20F3N3O3. The van der Waals surface area contributed by atoms with Crippen molar-refractivity contribution in [2.24, 2.45) is 5.41 Å². The van der Waals surface area contributed by atoms with Crippen molar-refractivity contribution in [1.82, 2.24) is 14.5 Å². The van der Waals surface area contributed by atoms with Crippen LogP contribution >= 0.6 is 0 Å². The molecule has 0 bridgehead atoms. The molecule has 0 N–H and O–H groups in total. The monoisotopic (exact) mass is 371 g/mol. The molecule has 1 spiro atoms. The zero-order valence-corrected chi connectivity index (χ0v) is 14.8. The van der Waals surface area contributed by atoms with Gasteiger partial charge in [0, 0.05) is 30.9 Å². The summed E-state index contributed by atoms with van der Waals surface area (Å²) in [5, 5.41) is 0. The highest BCUT2D eigenvalue weighted by molar-refractivity contribution is 5.70. The average Bonchev–Trinajstić information content (AvgIpc) is 2.38. The van der Waals surface area contributed by atoms with E-state index in [1.54, 1.807) is 25.7 Å². The van der Waals surface area contributed by atoms with E-state index >= 15 is 0 Å².